The summed E-state index contributed by atoms with van der Waals surface area (Å²) in [5.41, 5.74) is 0. The van der Waals surface area contributed by atoms with Gasteiger partial charge in [0.2, 0.25) is 0 Å². The van der Waals surface area contributed by atoms with Gasteiger partial charge in [-0.15, -0.1) is 0 Å². The number of amidine groups is 1. The highest BCUT2D eigenvalue weighted by Gasteiger charge is 2.28. The monoisotopic (exact) mass is 170 g/mol. The maximum Gasteiger partial charge on any atom is 0.156 e. The van der Waals surface area contributed by atoms with Crippen LogP contribution in [0.1, 0.15) is 19.8 Å². The predicted octanol–water partition coefficient (Wildman–Crippen LogP) is 1.48. The molecular weight excluding hydrogens is 156 g/mol. The van der Waals surface area contributed by atoms with Crippen molar-refractivity contribution in [1.29, 1.82) is 0 Å². The van der Waals surface area contributed by atoms with E-state index in [1.807, 2.05) is 11.8 Å². The number of thioether (sulfide) groups is 1. The standard InChI is InChI=1S/C8H14N2S/c1-6(7-2-3-7)10-8-9-4-5-11-8/h6-7H,2-5H2,1H3,(H,9,10). The summed E-state index contributed by atoms with van der Waals surface area (Å²) in [7, 11) is 0. The number of hydrogen-bond donors (Lipinski definition) is 1. The lowest BCUT2D eigenvalue weighted by Gasteiger charge is -2.12. The van der Waals surface area contributed by atoms with E-state index in [2.05, 4.69) is 17.2 Å². The third kappa shape index (κ3) is 1.89. The highest BCUT2D eigenvalue weighted by molar-refractivity contribution is 8.14. The highest BCUT2D eigenvalue weighted by atomic mass is 32.2. The van der Waals surface area contributed by atoms with Crippen LogP contribution in [-0.2, 0) is 0 Å². The zero-order valence-electron chi connectivity index (χ0n) is 6.84. The molecule has 1 atom stereocenters. The molecule has 0 aromatic heterocycles. The first-order valence-corrected chi connectivity index (χ1v) is 5.28. The maximum atomic E-state index is 4.35. The second kappa shape index (κ2) is 3.05. The number of nitrogens with one attached hydrogen (secondary N) is 1. The molecule has 0 aromatic rings. The van der Waals surface area contributed by atoms with Gasteiger partial charge < -0.3 is 5.32 Å². The average molecular weight is 170 g/mol. The Hall–Kier alpha value is -0.180. The molecule has 0 spiro atoms. The van der Waals surface area contributed by atoms with E-state index < -0.39 is 0 Å². The molecule has 0 radical (unpaired) electrons. The van der Waals surface area contributed by atoms with Gasteiger partial charge in [-0.1, -0.05) is 11.8 Å². The fourth-order valence-corrected chi connectivity index (χ4v) is 2.16. The molecule has 11 heavy (non-hydrogen) atoms. The molecule has 1 fully saturated rings. The van der Waals surface area contributed by atoms with E-state index >= 15 is 0 Å². The van der Waals surface area contributed by atoms with E-state index in [0.717, 1.165) is 12.5 Å². The van der Waals surface area contributed by atoms with Crippen LogP contribution in [0.3, 0.4) is 0 Å². The van der Waals surface area contributed by atoms with Gasteiger partial charge in [0.05, 0.1) is 6.54 Å². The van der Waals surface area contributed by atoms with Gasteiger partial charge in [-0.3, -0.25) is 4.99 Å². The second-order valence-corrected chi connectivity index (χ2v) is 4.39. The largest absolute Gasteiger partial charge is 0.362 e. The van der Waals surface area contributed by atoms with Crippen LogP contribution in [0, 0.1) is 5.92 Å². The Balaban J connectivity index is 1.78. The summed E-state index contributed by atoms with van der Waals surface area (Å²) in [4.78, 5) is 4.35. The molecule has 0 aromatic carbocycles. The molecule has 1 aliphatic carbocycles. The van der Waals surface area contributed by atoms with Crippen molar-refractivity contribution < 1.29 is 0 Å². The third-order valence-corrected chi connectivity index (χ3v) is 3.17. The Morgan fingerprint density at radius 3 is 3.00 bits per heavy atom. The first kappa shape index (κ1) is 7.47. The van der Waals surface area contributed by atoms with Crippen LogP contribution in [0.25, 0.3) is 0 Å². The van der Waals surface area contributed by atoms with Crippen LogP contribution in [-0.4, -0.2) is 23.5 Å². The first-order valence-electron chi connectivity index (χ1n) is 4.30. The third-order valence-electron chi connectivity index (χ3n) is 2.27. The molecule has 62 valence electrons. The van der Waals surface area contributed by atoms with Gasteiger partial charge in [0, 0.05) is 11.8 Å². The molecule has 1 unspecified atom stereocenters. The summed E-state index contributed by atoms with van der Waals surface area (Å²) >= 11 is 1.85. The van der Waals surface area contributed by atoms with E-state index in [1.165, 1.54) is 23.8 Å². The maximum absolute atomic E-state index is 4.35. The van der Waals surface area contributed by atoms with Gasteiger partial charge >= 0.3 is 0 Å². The number of hydrogen-bond acceptors (Lipinski definition) is 3. The summed E-state index contributed by atoms with van der Waals surface area (Å²) in [5.74, 6) is 2.10. The molecule has 1 N–H and O–H groups in total. The molecule has 2 nitrogen and oxygen atoms in total. The normalized spacial score (nSPS) is 26.5. The lowest BCUT2D eigenvalue weighted by atomic mass is 10.2. The number of rotatable bonds is 2. The van der Waals surface area contributed by atoms with Crippen molar-refractivity contribution in [2.45, 2.75) is 25.8 Å². The van der Waals surface area contributed by atoms with E-state index in [1.54, 1.807) is 0 Å². The van der Waals surface area contributed by atoms with E-state index in [0.29, 0.717) is 6.04 Å². The Morgan fingerprint density at radius 1 is 1.64 bits per heavy atom. The number of aliphatic imine (C=N–C) groups is 1. The highest BCUT2D eigenvalue weighted by Crippen LogP contribution is 2.32. The number of nitrogens with zero attached hydrogens (tertiary/aromatic N) is 1. The van der Waals surface area contributed by atoms with Crippen molar-refractivity contribution in [1.82, 2.24) is 5.32 Å². The smallest absolute Gasteiger partial charge is 0.156 e. The fraction of sp³-hybridized carbons (Fsp3) is 0.875. The minimum Gasteiger partial charge on any atom is -0.362 e. The fourth-order valence-electron chi connectivity index (χ4n) is 1.33. The molecule has 0 bridgehead atoms. The Bertz CT molecular complexity index is 175. The zero-order chi connectivity index (χ0) is 7.68. The Kier molecular flexibility index (Phi) is 2.07. The van der Waals surface area contributed by atoms with Gasteiger partial charge in [-0.2, -0.15) is 0 Å². The predicted molar refractivity (Wildman–Crippen MR) is 50.1 cm³/mol. The van der Waals surface area contributed by atoms with Crippen molar-refractivity contribution in [3.63, 3.8) is 0 Å². The van der Waals surface area contributed by atoms with Crippen molar-refractivity contribution in [3.8, 4) is 0 Å². The molecule has 1 aliphatic heterocycles. The lowest BCUT2D eigenvalue weighted by molar-refractivity contribution is 0.591. The van der Waals surface area contributed by atoms with Gasteiger partial charge in [-0.05, 0) is 25.7 Å². The second-order valence-electron chi connectivity index (χ2n) is 3.31. The van der Waals surface area contributed by atoms with Crippen LogP contribution < -0.4 is 5.32 Å². The minimum atomic E-state index is 0.652. The summed E-state index contributed by atoms with van der Waals surface area (Å²) in [5, 5.41) is 4.62. The van der Waals surface area contributed by atoms with Crippen LogP contribution >= 0.6 is 11.8 Å². The molecule has 0 amide bonds. The molecule has 2 aliphatic rings. The molecule has 1 saturated carbocycles. The molecule has 2 rings (SSSR count). The lowest BCUT2D eigenvalue weighted by Crippen LogP contribution is -2.31. The van der Waals surface area contributed by atoms with Crippen molar-refractivity contribution in [3.05, 3.63) is 0 Å². The molecule has 1 heterocycles. The van der Waals surface area contributed by atoms with Crippen molar-refractivity contribution >= 4 is 16.9 Å². The summed E-state index contributed by atoms with van der Waals surface area (Å²) in [6.07, 6.45) is 2.82. The quantitative estimate of drug-likeness (QED) is 0.679. The minimum absolute atomic E-state index is 0.652. The topological polar surface area (TPSA) is 24.4 Å². The summed E-state index contributed by atoms with van der Waals surface area (Å²) in [6.45, 7) is 3.27. The average Bonchev–Trinajstić information content (AvgIpc) is 2.73. The van der Waals surface area contributed by atoms with Crippen LogP contribution in [0.4, 0.5) is 0 Å². The van der Waals surface area contributed by atoms with Crippen LogP contribution in [0.2, 0.25) is 0 Å². The van der Waals surface area contributed by atoms with E-state index in [-0.39, 0.29) is 0 Å². The summed E-state index contributed by atoms with van der Waals surface area (Å²) in [6, 6.07) is 0.652. The Labute approximate surface area is 71.9 Å². The SMILES string of the molecule is CC(NC1=NCCS1)C1CC1. The first-order chi connectivity index (χ1) is 5.36. The van der Waals surface area contributed by atoms with Crippen LogP contribution in [0.15, 0.2) is 4.99 Å². The zero-order valence-corrected chi connectivity index (χ0v) is 7.66. The van der Waals surface area contributed by atoms with Gasteiger partial charge in [0.1, 0.15) is 0 Å². The van der Waals surface area contributed by atoms with Gasteiger partial charge in [0.25, 0.3) is 0 Å². The molecule has 3 heteroatoms. The van der Waals surface area contributed by atoms with Gasteiger partial charge in [-0.25, -0.2) is 0 Å². The molecular formula is C8H14N2S. The van der Waals surface area contributed by atoms with E-state index in [4.69, 9.17) is 0 Å². The van der Waals surface area contributed by atoms with Crippen LogP contribution in [0.5, 0.6) is 0 Å². The Morgan fingerprint density at radius 2 is 2.45 bits per heavy atom. The summed E-state index contributed by atoms with van der Waals surface area (Å²) < 4.78 is 0. The van der Waals surface area contributed by atoms with E-state index in [9.17, 15) is 0 Å². The van der Waals surface area contributed by atoms with Gasteiger partial charge in [0.15, 0.2) is 5.17 Å². The molecule has 0 saturated heterocycles. The van der Waals surface area contributed by atoms with Crippen molar-refractivity contribution in [2.24, 2.45) is 10.9 Å². The van der Waals surface area contributed by atoms with Crippen molar-refractivity contribution in [2.75, 3.05) is 12.3 Å².